The van der Waals surface area contributed by atoms with Crippen molar-refractivity contribution in [1.82, 2.24) is 9.78 Å². The molecule has 0 saturated carbocycles. The lowest BCUT2D eigenvalue weighted by molar-refractivity contribution is 0.415. The van der Waals surface area contributed by atoms with Crippen LogP contribution in [0.2, 0.25) is 5.02 Å². The molecule has 1 aromatic carbocycles. The predicted octanol–water partition coefficient (Wildman–Crippen LogP) is 2.74. The first-order valence-corrected chi connectivity index (χ1v) is 6.12. The van der Waals surface area contributed by atoms with E-state index in [2.05, 4.69) is 10.4 Å². The topological polar surface area (TPSA) is 39.1 Å². The minimum absolute atomic E-state index is 0.621. The minimum atomic E-state index is 0.621. The van der Waals surface area contributed by atoms with Crippen LogP contribution in [-0.2, 0) is 13.5 Å². The van der Waals surface area contributed by atoms with Crippen LogP contribution in [0.5, 0.6) is 5.75 Å². The summed E-state index contributed by atoms with van der Waals surface area (Å²) >= 11 is 5.97. The van der Waals surface area contributed by atoms with Gasteiger partial charge in [0.15, 0.2) is 0 Å². The second-order valence-corrected chi connectivity index (χ2v) is 4.46. The van der Waals surface area contributed by atoms with Crippen LogP contribution in [0.15, 0.2) is 30.6 Å². The van der Waals surface area contributed by atoms with Crippen molar-refractivity contribution in [2.45, 2.75) is 6.42 Å². The summed E-state index contributed by atoms with van der Waals surface area (Å²) in [5.41, 5.74) is 2.21. The summed E-state index contributed by atoms with van der Waals surface area (Å²) in [6.45, 7) is 0.844. The Bertz CT molecular complexity index is 525. The Labute approximate surface area is 112 Å². The molecule has 0 unspecified atom stereocenters. The molecule has 0 aliphatic heterocycles. The number of ether oxygens (including phenoxy) is 1. The second-order valence-electron chi connectivity index (χ2n) is 4.05. The molecule has 0 saturated heterocycles. The van der Waals surface area contributed by atoms with E-state index in [1.165, 1.54) is 5.56 Å². The summed E-state index contributed by atoms with van der Waals surface area (Å²) in [6, 6.07) is 5.66. The number of nitrogens with one attached hydrogen (secondary N) is 1. The van der Waals surface area contributed by atoms with Gasteiger partial charge in [-0.15, -0.1) is 0 Å². The average molecular weight is 266 g/mol. The quantitative estimate of drug-likeness (QED) is 0.904. The highest BCUT2D eigenvalue weighted by atomic mass is 35.5. The lowest BCUT2D eigenvalue weighted by Crippen LogP contribution is -2.04. The van der Waals surface area contributed by atoms with E-state index >= 15 is 0 Å². The van der Waals surface area contributed by atoms with E-state index in [4.69, 9.17) is 16.3 Å². The van der Waals surface area contributed by atoms with Gasteiger partial charge >= 0.3 is 0 Å². The van der Waals surface area contributed by atoms with Gasteiger partial charge in [0.1, 0.15) is 5.75 Å². The molecular weight excluding hydrogens is 250 g/mol. The zero-order valence-corrected chi connectivity index (χ0v) is 11.2. The molecule has 0 aliphatic rings. The van der Waals surface area contributed by atoms with Crippen molar-refractivity contribution in [3.05, 3.63) is 41.2 Å². The maximum Gasteiger partial charge on any atom is 0.139 e. The van der Waals surface area contributed by atoms with Gasteiger partial charge in [-0.05, 0) is 24.1 Å². The molecule has 4 nitrogen and oxygen atoms in total. The fraction of sp³-hybridized carbons (Fsp3) is 0.308. The van der Waals surface area contributed by atoms with Crippen molar-refractivity contribution < 1.29 is 4.74 Å². The van der Waals surface area contributed by atoms with E-state index in [0.29, 0.717) is 10.8 Å². The fourth-order valence-electron chi connectivity index (χ4n) is 1.72. The molecule has 0 atom stereocenters. The van der Waals surface area contributed by atoms with Crippen LogP contribution in [-0.4, -0.2) is 23.4 Å². The van der Waals surface area contributed by atoms with Crippen molar-refractivity contribution in [1.29, 1.82) is 0 Å². The Hall–Kier alpha value is -1.68. The molecule has 1 N–H and O–H groups in total. The number of rotatable bonds is 5. The van der Waals surface area contributed by atoms with Crippen molar-refractivity contribution in [2.24, 2.45) is 7.05 Å². The fourth-order valence-corrected chi connectivity index (χ4v) is 1.92. The number of aromatic nitrogens is 2. The highest BCUT2D eigenvalue weighted by Crippen LogP contribution is 2.27. The van der Waals surface area contributed by atoms with Crippen molar-refractivity contribution in [3.63, 3.8) is 0 Å². The summed E-state index contributed by atoms with van der Waals surface area (Å²) in [5, 5.41) is 8.08. The molecule has 0 amide bonds. The SMILES string of the molecule is COc1cc(NCCc2cnn(C)c2)ccc1Cl. The maximum absolute atomic E-state index is 5.97. The molecule has 0 bridgehead atoms. The monoisotopic (exact) mass is 265 g/mol. The first-order chi connectivity index (χ1) is 8.69. The van der Waals surface area contributed by atoms with Crippen LogP contribution < -0.4 is 10.1 Å². The summed E-state index contributed by atoms with van der Waals surface area (Å²) in [6.07, 6.45) is 4.83. The number of anilines is 1. The number of nitrogens with zero attached hydrogens (tertiary/aromatic N) is 2. The number of hydrogen-bond acceptors (Lipinski definition) is 3. The van der Waals surface area contributed by atoms with E-state index in [1.54, 1.807) is 11.8 Å². The van der Waals surface area contributed by atoms with Gasteiger partial charge in [0.2, 0.25) is 0 Å². The van der Waals surface area contributed by atoms with Gasteiger partial charge < -0.3 is 10.1 Å². The van der Waals surface area contributed by atoms with E-state index in [9.17, 15) is 0 Å². The third kappa shape index (κ3) is 3.17. The standard InChI is InChI=1S/C13H16ClN3O/c1-17-9-10(8-16-17)5-6-15-11-3-4-12(14)13(7-11)18-2/h3-4,7-9,15H,5-6H2,1-2H3. The van der Waals surface area contributed by atoms with E-state index < -0.39 is 0 Å². The molecule has 1 aromatic heterocycles. The molecule has 0 fully saturated rings. The number of methoxy groups -OCH3 is 1. The zero-order chi connectivity index (χ0) is 13.0. The number of halogens is 1. The molecule has 2 aromatic rings. The van der Waals surface area contributed by atoms with E-state index in [1.807, 2.05) is 37.6 Å². The molecule has 2 rings (SSSR count). The van der Waals surface area contributed by atoms with Crippen LogP contribution in [0, 0.1) is 0 Å². The van der Waals surface area contributed by atoms with E-state index in [0.717, 1.165) is 18.7 Å². The van der Waals surface area contributed by atoms with Crippen molar-refractivity contribution >= 4 is 17.3 Å². The maximum atomic E-state index is 5.97. The molecule has 0 spiro atoms. The Morgan fingerprint density at radius 2 is 2.28 bits per heavy atom. The smallest absolute Gasteiger partial charge is 0.139 e. The molecule has 5 heteroatoms. The zero-order valence-electron chi connectivity index (χ0n) is 10.5. The van der Waals surface area contributed by atoms with Crippen LogP contribution in [0.1, 0.15) is 5.56 Å². The first-order valence-electron chi connectivity index (χ1n) is 5.74. The first kappa shape index (κ1) is 12.8. The third-order valence-corrected chi connectivity index (χ3v) is 2.96. The second kappa shape index (κ2) is 5.78. The van der Waals surface area contributed by atoms with Crippen LogP contribution >= 0.6 is 11.6 Å². The molecule has 18 heavy (non-hydrogen) atoms. The predicted molar refractivity (Wildman–Crippen MR) is 73.4 cm³/mol. The highest BCUT2D eigenvalue weighted by molar-refractivity contribution is 6.32. The number of hydrogen-bond donors (Lipinski definition) is 1. The van der Waals surface area contributed by atoms with Gasteiger partial charge in [-0.2, -0.15) is 5.10 Å². The van der Waals surface area contributed by atoms with Gasteiger partial charge in [-0.25, -0.2) is 0 Å². The average Bonchev–Trinajstić information content (AvgIpc) is 2.77. The minimum Gasteiger partial charge on any atom is -0.495 e. The Morgan fingerprint density at radius 3 is 2.94 bits per heavy atom. The summed E-state index contributed by atoms with van der Waals surface area (Å²) < 4.78 is 6.97. The largest absolute Gasteiger partial charge is 0.495 e. The lowest BCUT2D eigenvalue weighted by Gasteiger charge is -2.08. The van der Waals surface area contributed by atoms with Crippen LogP contribution in [0.3, 0.4) is 0 Å². The normalized spacial score (nSPS) is 10.4. The Kier molecular flexibility index (Phi) is 4.10. The molecular formula is C13H16ClN3O. The van der Waals surface area contributed by atoms with E-state index in [-0.39, 0.29) is 0 Å². The van der Waals surface area contributed by atoms with Crippen molar-refractivity contribution in [2.75, 3.05) is 19.0 Å². The van der Waals surface area contributed by atoms with Gasteiger partial charge in [0, 0.05) is 31.5 Å². The summed E-state index contributed by atoms with van der Waals surface area (Å²) in [7, 11) is 3.53. The molecule has 0 aliphatic carbocycles. The van der Waals surface area contributed by atoms with Gasteiger partial charge in [-0.3, -0.25) is 4.68 Å². The number of aryl methyl sites for hydroxylation is 1. The summed E-state index contributed by atoms with van der Waals surface area (Å²) in [5.74, 6) is 0.683. The molecule has 1 heterocycles. The van der Waals surface area contributed by atoms with Crippen LogP contribution in [0.25, 0.3) is 0 Å². The number of benzene rings is 1. The molecule has 96 valence electrons. The van der Waals surface area contributed by atoms with Crippen LogP contribution in [0.4, 0.5) is 5.69 Å². The Balaban J connectivity index is 1.90. The molecule has 0 radical (unpaired) electrons. The van der Waals surface area contributed by atoms with Gasteiger partial charge in [0.05, 0.1) is 18.3 Å². The highest BCUT2D eigenvalue weighted by Gasteiger charge is 2.02. The van der Waals surface area contributed by atoms with Gasteiger partial charge in [0.25, 0.3) is 0 Å². The lowest BCUT2D eigenvalue weighted by atomic mass is 10.2. The van der Waals surface area contributed by atoms with Crippen molar-refractivity contribution in [3.8, 4) is 5.75 Å². The summed E-state index contributed by atoms with van der Waals surface area (Å²) in [4.78, 5) is 0. The third-order valence-electron chi connectivity index (χ3n) is 2.65. The Morgan fingerprint density at radius 1 is 1.44 bits per heavy atom. The van der Waals surface area contributed by atoms with Gasteiger partial charge in [-0.1, -0.05) is 11.6 Å².